The smallest absolute Gasteiger partial charge is 0.121 e. The number of hydrogen-bond acceptors (Lipinski definition) is 4. The Kier molecular flexibility index (Phi) is 6.05. The van der Waals surface area contributed by atoms with Gasteiger partial charge in [-0.15, -0.1) is 0 Å². The molecule has 1 aliphatic heterocycles. The Balaban J connectivity index is 1.40. The maximum absolute atomic E-state index is 10.1. The van der Waals surface area contributed by atoms with Crippen molar-refractivity contribution in [1.82, 2.24) is 9.47 Å². The number of ether oxygens (including phenoxy) is 1. The number of nitrogens with two attached hydrogens (primary N) is 1. The molecule has 2 fully saturated rings. The van der Waals surface area contributed by atoms with Crippen LogP contribution in [-0.2, 0) is 0 Å². The molecule has 1 aromatic heterocycles. The summed E-state index contributed by atoms with van der Waals surface area (Å²) in [4.78, 5) is 2.56. The molecule has 1 saturated heterocycles. The van der Waals surface area contributed by atoms with E-state index < -0.39 is 0 Å². The number of aromatic nitrogens is 1. The maximum Gasteiger partial charge on any atom is 0.121 e. The number of anilines is 1. The van der Waals surface area contributed by atoms with Gasteiger partial charge in [-0.05, 0) is 94.4 Å². The molecule has 0 unspecified atom stereocenters. The third-order valence-corrected chi connectivity index (χ3v) is 7.05. The topological polar surface area (TPSA) is 67.2 Å². The second-order valence-electron chi connectivity index (χ2n) is 9.20. The minimum absolute atomic E-state index is 0.433. The molecule has 0 spiro atoms. The van der Waals surface area contributed by atoms with Crippen LogP contribution in [0.25, 0.3) is 22.2 Å². The Morgan fingerprint density at radius 1 is 1.00 bits per heavy atom. The molecule has 166 valence electrons. The van der Waals surface area contributed by atoms with Crippen LogP contribution in [-0.4, -0.2) is 35.7 Å². The van der Waals surface area contributed by atoms with E-state index in [-0.39, 0.29) is 0 Å². The molecule has 2 aromatic carbocycles. The Morgan fingerprint density at radius 3 is 2.47 bits per heavy atom. The van der Waals surface area contributed by atoms with Crippen LogP contribution in [0.15, 0.2) is 42.5 Å². The molecule has 5 nitrogen and oxygen atoms in total. The number of rotatable bonds is 8. The monoisotopic (exact) mass is 428 g/mol. The largest absolute Gasteiger partial charge is 0.494 e. The summed E-state index contributed by atoms with van der Waals surface area (Å²) in [6, 6.07) is 17.0. The van der Waals surface area contributed by atoms with Crippen LogP contribution in [0, 0.1) is 11.3 Å². The highest BCUT2D eigenvalue weighted by atomic mass is 16.5. The lowest BCUT2D eigenvalue weighted by Gasteiger charge is -2.30. The van der Waals surface area contributed by atoms with Crippen molar-refractivity contribution in [3.05, 3.63) is 48.0 Å². The first-order valence-electron chi connectivity index (χ1n) is 12.0. The predicted octanol–water partition coefficient (Wildman–Crippen LogP) is 5.74. The van der Waals surface area contributed by atoms with E-state index in [1.807, 2.05) is 30.3 Å². The summed E-state index contributed by atoms with van der Waals surface area (Å²) < 4.78 is 8.52. The number of hydrogen-bond donors (Lipinski definition) is 1. The van der Waals surface area contributed by atoms with Crippen molar-refractivity contribution in [2.75, 3.05) is 32.0 Å². The lowest BCUT2D eigenvalue weighted by atomic mass is 9.92. The van der Waals surface area contributed by atoms with Crippen molar-refractivity contribution < 1.29 is 4.74 Å². The minimum Gasteiger partial charge on any atom is -0.494 e. The summed E-state index contributed by atoms with van der Waals surface area (Å²) in [5.41, 5.74) is 10.6. The van der Waals surface area contributed by atoms with Crippen molar-refractivity contribution in [3.8, 4) is 23.1 Å². The fraction of sp³-hybridized carbons (Fsp3) is 0.444. The molecule has 5 heteroatoms. The van der Waals surface area contributed by atoms with Crippen LogP contribution in [0.2, 0.25) is 0 Å². The van der Waals surface area contributed by atoms with Crippen LogP contribution < -0.4 is 10.5 Å². The molecule has 0 atom stereocenters. The van der Waals surface area contributed by atoms with Crippen LogP contribution in [0.3, 0.4) is 0 Å². The highest BCUT2D eigenvalue weighted by Gasteiger charge is 2.28. The quantitative estimate of drug-likeness (QED) is 0.367. The van der Waals surface area contributed by atoms with E-state index in [2.05, 4.69) is 27.7 Å². The number of unbranched alkanes of at least 4 members (excludes halogenated alkanes) is 1. The highest BCUT2D eigenvalue weighted by molar-refractivity contribution is 5.95. The Labute approximate surface area is 190 Å². The van der Waals surface area contributed by atoms with Crippen LogP contribution in [0.1, 0.15) is 56.6 Å². The fourth-order valence-electron chi connectivity index (χ4n) is 5.08. The van der Waals surface area contributed by atoms with Gasteiger partial charge in [0, 0.05) is 23.2 Å². The average molecular weight is 429 g/mol. The van der Waals surface area contributed by atoms with Gasteiger partial charge in [0.1, 0.15) is 11.8 Å². The van der Waals surface area contributed by atoms with Crippen molar-refractivity contribution in [1.29, 1.82) is 5.26 Å². The van der Waals surface area contributed by atoms with Gasteiger partial charge < -0.3 is 19.9 Å². The van der Waals surface area contributed by atoms with Crippen molar-refractivity contribution in [3.63, 3.8) is 0 Å². The SMILES string of the molecule is N#Cc1c(-c2ccc(N)cc2)n(C2CCC2)c2cc(OCCCCN3CCCC3)ccc12. The standard InChI is InChI=1S/C27H32N4O/c28-19-25-24-13-12-23(32-17-4-3-16-30-14-1-2-15-30)18-26(24)31(22-6-5-7-22)27(25)20-8-10-21(29)11-9-20/h8-13,18,22H,1-7,14-17,29H2. The Morgan fingerprint density at radius 2 is 1.78 bits per heavy atom. The summed E-state index contributed by atoms with van der Waals surface area (Å²) in [6.45, 7) is 4.43. The zero-order chi connectivity index (χ0) is 21.9. The van der Waals surface area contributed by atoms with E-state index in [4.69, 9.17) is 10.5 Å². The summed E-state index contributed by atoms with van der Waals surface area (Å²) in [5.74, 6) is 0.894. The molecule has 5 rings (SSSR count). The van der Waals surface area contributed by atoms with Crippen molar-refractivity contribution in [2.24, 2.45) is 0 Å². The van der Waals surface area contributed by atoms with Gasteiger partial charge in [-0.25, -0.2) is 0 Å². The average Bonchev–Trinajstić information content (AvgIpc) is 3.39. The van der Waals surface area contributed by atoms with Gasteiger partial charge >= 0.3 is 0 Å². The Hall–Kier alpha value is -2.97. The molecule has 1 aliphatic carbocycles. The molecular formula is C27H32N4O. The lowest BCUT2D eigenvalue weighted by Crippen LogP contribution is -2.20. The predicted molar refractivity (Wildman–Crippen MR) is 130 cm³/mol. The zero-order valence-corrected chi connectivity index (χ0v) is 18.7. The van der Waals surface area contributed by atoms with E-state index in [0.717, 1.165) is 65.0 Å². The Bertz CT molecular complexity index is 1120. The van der Waals surface area contributed by atoms with Crippen molar-refractivity contribution in [2.45, 2.75) is 51.0 Å². The molecule has 2 aliphatic rings. The number of nitriles is 1. The third kappa shape index (κ3) is 4.08. The molecule has 0 bridgehead atoms. The first-order valence-corrected chi connectivity index (χ1v) is 12.0. The first-order chi connectivity index (χ1) is 15.7. The second-order valence-corrected chi connectivity index (χ2v) is 9.20. The van der Waals surface area contributed by atoms with Gasteiger partial charge in [0.2, 0.25) is 0 Å². The van der Waals surface area contributed by atoms with Crippen LogP contribution >= 0.6 is 0 Å². The number of benzene rings is 2. The van der Waals surface area contributed by atoms with E-state index in [1.54, 1.807) is 0 Å². The normalized spacial score (nSPS) is 16.8. The van der Waals surface area contributed by atoms with Gasteiger partial charge in [-0.2, -0.15) is 5.26 Å². The zero-order valence-electron chi connectivity index (χ0n) is 18.7. The molecule has 1 saturated carbocycles. The molecule has 0 radical (unpaired) electrons. The number of fused-ring (bicyclic) bond motifs is 1. The van der Waals surface area contributed by atoms with Gasteiger partial charge in [0.15, 0.2) is 0 Å². The summed E-state index contributed by atoms with van der Waals surface area (Å²) in [6.07, 6.45) is 8.48. The third-order valence-electron chi connectivity index (χ3n) is 7.05. The molecule has 3 aromatic rings. The van der Waals surface area contributed by atoms with E-state index in [0.29, 0.717) is 6.04 Å². The van der Waals surface area contributed by atoms with Crippen LogP contribution in [0.4, 0.5) is 5.69 Å². The van der Waals surface area contributed by atoms with Crippen molar-refractivity contribution >= 4 is 16.6 Å². The lowest BCUT2D eigenvalue weighted by molar-refractivity contribution is 0.279. The molecular weight excluding hydrogens is 396 g/mol. The highest BCUT2D eigenvalue weighted by Crippen LogP contribution is 2.43. The fourth-order valence-corrected chi connectivity index (χ4v) is 5.08. The van der Waals surface area contributed by atoms with Gasteiger partial charge in [-0.3, -0.25) is 0 Å². The second kappa shape index (κ2) is 9.26. The van der Waals surface area contributed by atoms with Gasteiger partial charge in [-0.1, -0.05) is 12.1 Å². The molecule has 2 N–H and O–H groups in total. The minimum atomic E-state index is 0.433. The number of likely N-dealkylation sites (tertiary alicyclic amines) is 1. The molecule has 32 heavy (non-hydrogen) atoms. The summed E-state index contributed by atoms with van der Waals surface area (Å²) in [5, 5.41) is 11.1. The maximum atomic E-state index is 10.1. The van der Waals surface area contributed by atoms with Gasteiger partial charge in [0.05, 0.1) is 23.4 Å². The summed E-state index contributed by atoms with van der Waals surface area (Å²) in [7, 11) is 0. The number of nitrogen functional groups attached to an aromatic ring is 1. The van der Waals surface area contributed by atoms with E-state index in [9.17, 15) is 5.26 Å². The molecule has 2 heterocycles. The van der Waals surface area contributed by atoms with E-state index in [1.165, 1.54) is 45.3 Å². The number of nitrogens with zero attached hydrogens (tertiary/aromatic N) is 3. The summed E-state index contributed by atoms with van der Waals surface area (Å²) >= 11 is 0. The first kappa shape index (κ1) is 20.9. The van der Waals surface area contributed by atoms with E-state index >= 15 is 0 Å². The van der Waals surface area contributed by atoms with Gasteiger partial charge in [0.25, 0.3) is 0 Å². The molecule has 0 amide bonds. The van der Waals surface area contributed by atoms with Crippen LogP contribution in [0.5, 0.6) is 5.75 Å².